The van der Waals surface area contributed by atoms with E-state index in [-0.39, 0.29) is 25.3 Å². The molecule has 1 aromatic rings. The van der Waals surface area contributed by atoms with Gasteiger partial charge in [-0.05, 0) is 25.5 Å². The zero-order valence-electron chi connectivity index (χ0n) is 11.7. The van der Waals surface area contributed by atoms with Gasteiger partial charge in [-0.15, -0.1) is 0 Å². The Morgan fingerprint density at radius 1 is 1.48 bits per heavy atom. The van der Waals surface area contributed by atoms with E-state index in [2.05, 4.69) is 0 Å². The third kappa shape index (κ3) is 2.73. The summed E-state index contributed by atoms with van der Waals surface area (Å²) in [6.45, 7) is 1.36. The molecule has 1 aromatic carbocycles. The summed E-state index contributed by atoms with van der Waals surface area (Å²) in [6, 6.07) is 3.46. The summed E-state index contributed by atoms with van der Waals surface area (Å²) in [4.78, 5) is 10.7. The molecule has 0 bridgehead atoms. The van der Waals surface area contributed by atoms with Crippen molar-refractivity contribution in [1.29, 1.82) is 0 Å². The Balaban J connectivity index is 2.34. The lowest BCUT2D eigenvalue weighted by atomic mass is 9.90. The van der Waals surface area contributed by atoms with Crippen LogP contribution in [0.5, 0.6) is 5.75 Å². The lowest BCUT2D eigenvalue weighted by Gasteiger charge is -2.20. The highest BCUT2D eigenvalue weighted by molar-refractivity contribution is 7.89. The molecule has 1 heterocycles. The van der Waals surface area contributed by atoms with Crippen molar-refractivity contribution < 1.29 is 27.4 Å². The average Bonchev–Trinajstić information content (AvgIpc) is 2.83. The van der Waals surface area contributed by atoms with Gasteiger partial charge in [-0.3, -0.25) is 4.79 Å². The van der Waals surface area contributed by atoms with Crippen molar-refractivity contribution in [2.24, 2.45) is 5.41 Å². The summed E-state index contributed by atoms with van der Waals surface area (Å²) in [6.07, 6.45) is 0.194. The Kier molecular flexibility index (Phi) is 3.94. The smallest absolute Gasteiger partial charge is 0.310 e. The van der Waals surface area contributed by atoms with Crippen LogP contribution in [-0.4, -0.2) is 44.0 Å². The van der Waals surface area contributed by atoms with Gasteiger partial charge in [0.05, 0.1) is 12.5 Å². The number of benzene rings is 1. The molecule has 0 saturated carbocycles. The summed E-state index contributed by atoms with van der Waals surface area (Å²) < 4.78 is 44.6. The molecule has 0 amide bonds. The topological polar surface area (TPSA) is 83.9 Å². The fraction of sp³-hybridized carbons (Fsp3) is 0.462. The van der Waals surface area contributed by atoms with E-state index < -0.39 is 32.1 Å². The highest BCUT2D eigenvalue weighted by Crippen LogP contribution is 2.34. The van der Waals surface area contributed by atoms with Crippen LogP contribution in [0.2, 0.25) is 0 Å². The number of sulfonamides is 1. The molecule has 0 aliphatic carbocycles. The highest BCUT2D eigenvalue weighted by Gasteiger charge is 2.45. The zero-order valence-corrected chi connectivity index (χ0v) is 12.5. The first-order valence-corrected chi connectivity index (χ1v) is 7.72. The molecule has 0 radical (unpaired) electrons. The van der Waals surface area contributed by atoms with Crippen molar-refractivity contribution in [2.75, 3.05) is 20.2 Å². The molecule has 1 aliphatic heterocycles. The number of methoxy groups -OCH3 is 1. The van der Waals surface area contributed by atoms with E-state index in [4.69, 9.17) is 9.84 Å². The Bertz CT molecular complexity index is 675. The van der Waals surface area contributed by atoms with Gasteiger partial charge in [0.25, 0.3) is 0 Å². The van der Waals surface area contributed by atoms with Crippen molar-refractivity contribution >= 4 is 16.0 Å². The summed E-state index contributed by atoms with van der Waals surface area (Å²) in [7, 11) is -2.71. The van der Waals surface area contributed by atoms with Gasteiger partial charge in [0, 0.05) is 19.2 Å². The SMILES string of the molecule is COc1ccc(S(=O)(=O)N2CCC(C)(C(=O)O)C2)c(F)c1. The molecule has 8 heteroatoms. The maximum atomic E-state index is 13.9. The van der Waals surface area contributed by atoms with E-state index in [1.807, 2.05) is 0 Å². The number of hydrogen-bond acceptors (Lipinski definition) is 4. The molecule has 1 N–H and O–H groups in total. The van der Waals surface area contributed by atoms with E-state index >= 15 is 0 Å². The van der Waals surface area contributed by atoms with Crippen LogP contribution in [0.3, 0.4) is 0 Å². The predicted octanol–water partition coefficient (Wildman–Crippen LogP) is 1.32. The van der Waals surface area contributed by atoms with Gasteiger partial charge in [0.15, 0.2) is 0 Å². The van der Waals surface area contributed by atoms with Crippen LogP contribution in [0.25, 0.3) is 0 Å². The largest absolute Gasteiger partial charge is 0.497 e. The maximum absolute atomic E-state index is 13.9. The monoisotopic (exact) mass is 317 g/mol. The second-order valence-corrected chi connectivity index (χ2v) is 7.16. The molecular formula is C13H16FNO5S. The van der Waals surface area contributed by atoms with Crippen LogP contribution in [0.15, 0.2) is 23.1 Å². The third-order valence-corrected chi connectivity index (χ3v) is 5.59. The number of nitrogens with zero attached hydrogens (tertiary/aromatic N) is 1. The van der Waals surface area contributed by atoms with E-state index in [0.717, 1.165) is 16.4 Å². The molecule has 2 rings (SSSR count). The first-order valence-electron chi connectivity index (χ1n) is 6.28. The van der Waals surface area contributed by atoms with Crippen molar-refractivity contribution in [1.82, 2.24) is 4.31 Å². The van der Waals surface area contributed by atoms with Gasteiger partial charge in [0.1, 0.15) is 16.5 Å². The summed E-state index contributed by atoms with van der Waals surface area (Å²) in [5.41, 5.74) is -1.14. The Labute approximate surface area is 122 Å². The summed E-state index contributed by atoms with van der Waals surface area (Å²) in [5, 5.41) is 9.14. The van der Waals surface area contributed by atoms with Crippen LogP contribution in [0.4, 0.5) is 4.39 Å². The Morgan fingerprint density at radius 3 is 2.62 bits per heavy atom. The van der Waals surface area contributed by atoms with Crippen LogP contribution in [0, 0.1) is 11.2 Å². The van der Waals surface area contributed by atoms with E-state index in [1.54, 1.807) is 0 Å². The molecular weight excluding hydrogens is 301 g/mol. The fourth-order valence-electron chi connectivity index (χ4n) is 2.26. The molecule has 116 valence electrons. The zero-order chi connectivity index (χ0) is 15.8. The van der Waals surface area contributed by atoms with Crippen molar-refractivity contribution in [3.63, 3.8) is 0 Å². The molecule has 1 fully saturated rings. The molecule has 1 saturated heterocycles. The number of carboxylic acid groups (broad SMARTS) is 1. The summed E-state index contributed by atoms with van der Waals surface area (Å²) in [5.74, 6) is -1.77. The number of ether oxygens (including phenoxy) is 1. The first kappa shape index (κ1) is 15.7. The molecule has 0 aromatic heterocycles. The van der Waals surface area contributed by atoms with Gasteiger partial charge >= 0.3 is 5.97 Å². The maximum Gasteiger partial charge on any atom is 0.310 e. The van der Waals surface area contributed by atoms with Gasteiger partial charge in [-0.2, -0.15) is 4.31 Å². The van der Waals surface area contributed by atoms with Crippen molar-refractivity contribution in [3.8, 4) is 5.75 Å². The molecule has 1 atom stereocenters. The Morgan fingerprint density at radius 2 is 2.14 bits per heavy atom. The predicted molar refractivity (Wildman–Crippen MR) is 72.1 cm³/mol. The average molecular weight is 317 g/mol. The minimum atomic E-state index is -4.06. The molecule has 1 unspecified atom stereocenters. The van der Waals surface area contributed by atoms with Gasteiger partial charge in [0.2, 0.25) is 10.0 Å². The minimum absolute atomic E-state index is 0.0522. The lowest BCUT2D eigenvalue weighted by Crippen LogP contribution is -2.35. The minimum Gasteiger partial charge on any atom is -0.497 e. The number of carboxylic acids is 1. The van der Waals surface area contributed by atoms with Crippen LogP contribution >= 0.6 is 0 Å². The molecule has 21 heavy (non-hydrogen) atoms. The third-order valence-electron chi connectivity index (χ3n) is 3.71. The molecule has 6 nitrogen and oxygen atoms in total. The van der Waals surface area contributed by atoms with E-state index in [0.29, 0.717) is 0 Å². The van der Waals surface area contributed by atoms with Crippen molar-refractivity contribution in [3.05, 3.63) is 24.0 Å². The quantitative estimate of drug-likeness (QED) is 0.905. The fourth-order valence-corrected chi connectivity index (χ4v) is 3.87. The number of hydrogen-bond donors (Lipinski definition) is 1. The highest BCUT2D eigenvalue weighted by atomic mass is 32.2. The molecule has 0 spiro atoms. The number of rotatable bonds is 4. The summed E-state index contributed by atoms with van der Waals surface area (Å²) >= 11 is 0. The van der Waals surface area contributed by atoms with Crippen molar-refractivity contribution in [2.45, 2.75) is 18.2 Å². The van der Waals surface area contributed by atoms with Crippen LogP contribution < -0.4 is 4.74 Å². The lowest BCUT2D eigenvalue weighted by molar-refractivity contribution is -0.146. The number of carbonyl (C=O) groups is 1. The first-order chi connectivity index (χ1) is 9.70. The number of aliphatic carboxylic acids is 1. The van der Waals surface area contributed by atoms with E-state index in [9.17, 15) is 17.6 Å². The normalized spacial score (nSPS) is 23.2. The Hall–Kier alpha value is -1.67. The second kappa shape index (κ2) is 5.27. The van der Waals surface area contributed by atoms with Crippen LogP contribution in [-0.2, 0) is 14.8 Å². The van der Waals surface area contributed by atoms with E-state index in [1.165, 1.54) is 20.1 Å². The standard InChI is InChI=1S/C13H16FNO5S/c1-13(12(16)17)5-6-15(8-13)21(18,19)11-4-3-9(20-2)7-10(11)14/h3-4,7H,5-6,8H2,1-2H3,(H,16,17). The second-order valence-electron chi connectivity index (χ2n) is 5.25. The molecule has 1 aliphatic rings. The van der Waals surface area contributed by atoms with Crippen LogP contribution in [0.1, 0.15) is 13.3 Å². The van der Waals surface area contributed by atoms with Gasteiger partial charge in [-0.1, -0.05) is 0 Å². The van der Waals surface area contributed by atoms with Gasteiger partial charge in [-0.25, -0.2) is 12.8 Å². The van der Waals surface area contributed by atoms with Gasteiger partial charge < -0.3 is 9.84 Å². The number of halogens is 1.